The van der Waals surface area contributed by atoms with Crippen molar-refractivity contribution in [2.24, 2.45) is 5.92 Å². The fourth-order valence-electron chi connectivity index (χ4n) is 1.87. The Morgan fingerprint density at radius 3 is 2.56 bits per heavy atom. The molecule has 1 aromatic rings. The second kappa shape index (κ2) is 6.00. The van der Waals surface area contributed by atoms with E-state index in [0.29, 0.717) is 12.0 Å². The van der Waals surface area contributed by atoms with Crippen LogP contribution in [0.5, 0.6) is 0 Å². The summed E-state index contributed by atoms with van der Waals surface area (Å²) in [6, 6.07) is 5.71. The molecule has 0 bridgehead atoms. The first kappa shape index (κ1) is 13.2. The van der Waals surface area contributed by atoms with Crippen molar-refractivity contribution in [1.82, 2.24) is 5.32 Å². The van der Waals surface area contributed by atoms with Gasteiger partial charge in [-0.15, -0.1) is 0 Å². The van der Waals surface area contributed by atoms with Crippen molar-refractivity contribution >= 4 is 0 Å². The predicted molar refractivity (Wildman–Crippen MR) is 67.0 cm³/mol. The highest BCUT2D eigenvalue weighted by atomic mass is 19.1. The average molecular weight is 223 g/mol. The van der Waals surface area contributed by atoms with Crippen LogP contribution in [-0.4, -0.2) is 7.05 Å². The van der Waals surface area contributed by atoms with Gasteiger partial charge in [0.15, 0.2) is 0 Å². The molecule has 0 aliphatic carbocycles. The van der Waals surface area contributed by atoms with Crippen LogP contribution in [-0.2, 0) is 0 Å². The van der Waals surface area contributed by atoms with Gasteiger partial charge in [0.1, 0.15) is 5.82 Å². The van der Waals surface area contributed by atoms with Gasteiger partial charge in [-0.25, -0.2) is 4.39 Å². The van der Waals surface area contributed by atoms with E-state index in [1.165, 1.54) is 12.0 Å². The van der Waals surface area contributed by atoms with Gasteiger partial charge in [0.05, 0.1) is 0 Å². The topological polar surface area (TPSA) is 12.0 Å². The van der Waals surface area contributed by atoms with Gasteiger partial charge < -0.3 is 5.32 Å². The first-order chi connectivity index (χ1) is 7.58. The SMILES string of the molecule is CCC(C)CC(NC)c1ccc(F)c(C)c1. The molecule has 0 radical (unpaired) electrons. The molecule has 90 valence electrons. The molecule has 1 aromatic carbocycles. The highest BCUT2D eigenvalue weighted by Crippen LogP contribution is 2.24. The number of nitrogens with one attached hydrogen (secondary N) is 1. The maximum absolute atomic E-state index is 13.2. The van der Waals surface area contributed by atoms with Gasteiger partial charge in [-0.3, -0.25) is 0 Å². The van der Waals surface area contributed by atoms with Gasteiger partial charge in [0.2, 0.25) is 0 Å². The van der Waals surface area contributed by atoms with Gasteiger partial charge in [-0.05, 0) is 43.5 Å². The molecule has 2 heteroatoms. The first-order valence-corrected chi connectivity index (χ1v) is 6.01. The third-order valence-electron chi connectivity index (χ3n) is 3.27. The van der Waals surface area contributed by atoms with Crippen LogP contribution in [0.4, 0.5) is 4.39 Å². The van der Waals surface area contributed by atoms with Crippen LogP contribution < -0.4 is 5.32 Å². The van der Waals surface area contributed by atoms with Gasteiger partial charge in [-0.2, -0.15) is 0 Å². The fourth-order valence-corrected chi connectivity index (χ4v) is 1.87. The number of hydrogen-bond donors (Lipinski definition) is 1. The van der Waals surface area contributed by atoms with Crippen LogP contribution in [0.25, 0.3) is 0 Å². The van der Waals surface area contributed by atoms with E-state index in [9.17, 15) is 4.39 Å². The van der Waals surface area contributed by atoms with E-state index >= 15 is 0 Å². The van der Waals surface area contributed by atoms with Crippen LogP contribution in [0.15, 0.2) is 18.2 Å². The standard InChI is InChI=1S/C14H22FN/c1-5-10(2)8-14(16-4)12-6-7-13(15)11(3)9-12/h6-7,9-10,14,16H,5,8H2,1-4H3. The number of hydrogen-bond acceptors (Lipinski definition) is 1. The zero-order valence-corrected chi connectivity index (χ0v) is 10.7. The molecular formula is C14H22FN. The summed E-state index contributed by atoms with van der Waals surface area (Å²) in [5.74, 6) is 0.560. The van der Waals surface area contributed by atoms with E-state index in [1.807, 2.05) is 26.1 Å². The molecule has 2 unspecified atom stereocenters. The monoisotopic (exact) mass is 223 g/mol. The van der Waals surface area contributed by atoms with Crippen molar-refractivity contribution in [1.29, 1.82) is 0 Å². The van der Waals surface area contributed by atoms with Gasteiger partial charge >= 0.3 is 0 Å². The van der Waals surface area contributed by atoms with Crippen molar-refractivity contribution in [3.63, 3.8) is 0 Å². The molecule has 1 rings (SSSR count). The maximum Gasteiger partial charge on any atom is 0.126 e. The Hall–Kier alpha value is -0.890. The van der Waals surface area contributed by atoms with Crippen LogP contribution in [0.3, 0.4) is 0 Å². The Morgan fingerprint density at radius 2 is 2.06 bits per heavy atom. The molecule has 0 heterocycles. The second-order valence-electron chi connectivity index (χ2n) is 4.60. The molecule has 0 aromatic heterocycles. The van der Waals surface area contributed by atoms with Crippen molar-refractivity contribution in [2.45, 2.75) is 39.7 Å². The average Bonchev–Trinajstić information content (AvgIpc) is 2.29. The number of halogens is 1. The molecule has 16 heavy (non-hydrogen) atoms. The molecule has 0 saturated heterocycles. The molecule has 0 aliphatic heterocycles. The second-order valence-corrected chi connectivity index (χ2v) is 4.60. The van der Waals surface area contributed by atoms with E-state index in [4.69, 9.17) is 0 Å². The Balaban J connectivity index is 2.82. The van der Waals surface area contributed by atoms with Crippen LogP contribution >= 0.6 is 0 Å². The Bertz CT molecular complexity index is 336. The molecular weight excluding hydrogens is 201 g/mol. The van der Waals surface area contributed by atoms with Crippen molar-refractivity contribution in [3.8, 4) is 0 Å². The van der Waals surface area contributed by atoms with E-state index in [1.54, 1.807) is 6.07 Å². The molecule has 0 fully saturated rings. The third kappa shape index (κ3) is 3.31. The molecule has 0 aliphatic rings. The molecule has 0 amide bonds. The Labute approximate surface area is 98.1 Å². The highest BCUT2D eigenvalue weighted by molar-refractivity contribution is 5.26. The van der Waals surface area contributed by atoms with Crippen LogP contribution in [0.2, 0.25) is 0 Å². The Kier molecular flexibility index (Phi) is 4.94. The minimum atomic E-state index is -0.123. The molecule has 0 spiro atoms. The lowest BCUT2D eigenvalue weighted by Crippen LogP contribution is -2.19. The van der Waals surface area contributed by atoms with E-state index in [0.717, 1.165) is 12.0 Å². The summed E-state index contributed by atoms with van der Waals surface area (Å²) in [6.45, 7) is 6.27. The predicted octanol–water partition coefficient (Wildman–Crippen LogP) is 3.83. The largest absolute Gasteiger partial charge is 0.313 e. The van der Waals surface area contributed by atoms with Crippen LogP contribution in [0, 0.1) is 18.7 Å². The molecule has 0 saturated carbocycles. The smallest absolute Gasteiger partial charge is 0.126 e. The summed E-state index contributed by atoms with van der Waals surface area (Å²) in [7, 11) is 1.96. The minimum Gasteiger partial charge on any atom is -0.313 e. The lowest BCUT2D eigenvalue weighted by molar-refractivity contribution is 0.421. The Morgan fingerprint density at radius 1 is 1.38 bits per heavy atom. The lowest BCUT2D eigenvalue weighted by atomic mass is 9.93. The highest BCUT2D eigenvalue weighted by Gasteiger charge is 2.13. The van der Waals surface area contributed by atoms with Crippen molar-refractivity contribution < 1.29 is 4.39 Å². The summed E-state index contributed by atoms with van der Waals surface area (Å²) in [6.07, 6.45) is 2.27. The van der Waals surface area contributed by atoms with Crippen molar-refractivity contribution in [2.75, 3.05) is 7.05 Å². The third-order valence-corrected chi connectivity index (χ3v) is 3.27. The fraction of sp³-hybridized carbons (Fsp3) is 0.571. The summed E-state index contributed by atoms with van der Waals surface area (Å²) in [5.41, 5.74) is 1.91. The summed E-state index contributed by atoms with van der Waals surface area (Å²) >= 11 is 0. The maximum atomic E-state index is 13.2. The molecule has 1 nitrogen and oxygen atoms in total. The number of aryl methyl sites for hydroxylation is 1. The van der Waals surface area contributed by atoms with Gasteiger partial charge in [0.25, 0.3) is 0 Å². The summed E-state index contributed by atoms with van der Waals surface area (Å²) in [5, 5.41) is 3.31. The molecule has 2 atom stereocenters. The first-order valence-electron chi connectivity index (χ1n) is 6.01. The quantitative estimate of drug-likeness (QED) is 0.800. The van der Waals surface area contributed by atoms with Gasteiger partial charge in [0, 0.05) is 6.04 Å². The lowest BCUT2D eigenvalue weighted by Gasteiger charge is -2.20. The zero-order chi connectivity index (χ0) is 12.1. The van der Waals surface area contributed by atoms with E-state index < -0.39 is 0 Å². The van der Waals surface area contributed by atoms with Crippen molar-refractivity contribution in [3.05, 3.63) is 35.1 Å². The summed E-state index contributed by atoms with van der Waals surface area (Å²) < 4.78 is 13.2. The normalized spacial score (nSPS) is 14.8. The van der Waals surface area contributed by atoms with E-state index in [-0.39, 0.29) is 5.82 Å². The summed E-state index contributed by atoms with van der Waals surface area (Å²) in [4.78, 5) is 0. The number of rotatable bonds is 5. The van der Waals surface area contributed by atoms with E-state index in [2.05, 4.69) is 19.2 Å². The molecule has 1 N–H and O–H groups in total. The van der Waals surface area contributed by atoms with Crippen LogP contribution in [0.1, 0.15) is 43.9 Å². The van der Waals surface area contributed by atoms with Gasteiger partial charge in [-0.1, -0.05) is 32.4 Å². The minimum absolute atomic E-state index is 0.123. The number of benzene rings is 1. The zero-order valence-electron chi connectivity index (χ0n) is 10.7.